The van der Waals surface area contributed by atoms with Crippen LogP contribution >= 0.6 is 0 Å². The van der Waals surface area contributed by atoms with Crippen LogP contribution in [0.2, 0.25) is 0 Å². The topological polar surface area (TPSA) is 34.1 Å². The maximum Gasteiger partial charge on any atom is 0.0701 e. The van der Waals surface area contributed by atoms with Gasteiger partial charge in [-0.05, 0) is 24.1 Å². The summed E-state index contributed by atoms with van der Waals surface area (Å²) in [5.74, 6) is 0. The number of nitrogens with zero attached hydrogens (tertiary/aromatic N) is 1. The number of nitrogens with one attached hydrogen (secondary N) is 1. The minimum Gasteiger partial charge on any atom is -0.380 e. The minimum absolute atomic E-state index is 0.510. The van der Waals surface area contributed by atoms with E-state index in [1.165, 1.54) is 5.56 Å². The Bertz CT molecular complexity index is 504. The summed E-state index contributed by atoms with van der Waals surface area (Å²) < 4.78 is 5.35. The van der Waals surface area contributed by atoms with Crippen LogP contribution in [-0.2, 0) is 11.3 Å². The second-order valence-corrected chi connectivity index (χ2v) is 4.85. The summed E-state index contributed by atoms with van der Waals surface area (Å²) in [6.07, 6.45) is 2.94. The molecule has 3 heteroatoms. The van der Waals surface area contributed by atoms with E-state index >= 15 is 0 Å². The van der Waals surface area contributed by atoms with Crippen molar-refractivity contribution < 1.29 is 4.74 Å². The fourth-order valence-electron chi connectivity index (χ4n) is 2.28. The van der Waals surface area contributed by atoms with Crippen LogP contribution in [0.3, 0.4) is 0 Å². The molecule has 2 heterocycles. The largest absolute Gasteiger partial charge is 0.380 e. The Hall–Kier alpha value is -1.71. The molecule has 1 N–H and O–H groups in total. The Morgan fingerprint density at radius 1 is 1.16 bits per heavy atom. The Morgan fingerprint density at radius 2 is 2.05 bits per heavy atom. The SMILES string of the molecule is c1ccc(-c2ccc(CNC3CCOC3)cc2)nc1. The van der Waals surface area contributed by atoms with Gasteiger partial charge in [0.2, 0.25) is 0 Å². The summed E-state index contributed by atoms with van der Waals surface area (Å²) in [6.45, 7) is 2.62. The van der Waals surface area contributed by atoms with Crippen molar-refractivity contribution in [2.45, 2.75) is 19.0 Å². The predicted octanol–water partition coefficient (Wildman–Crippen LogP) is 2.63. The summed E-state index contributed by atoms with van der Waals surface area (Å²) in [5.41, 5.74) is 3.48. The zero-order valence-electron chi connectivity index (χ0n) is 10.9. The predicted molar refractivity (Wildman–Crippen MR) is 75.7 cm³/mol. The molecule has 3 rings (SSSR count). The molecular formula is C16H18N2O. The summed E-state index contributed by atoms with van der Waals surface area (Å²) in [7, 11) is 0. The van der Waals surface area contributed by atoms with Gasteiger partial charge in [-0.1, -0.05) is 30.3 Å². The fraction of sp³-hybridized carbons (Fsp3) is 0.312. The van der Waals surface area contributed by atoms with Crippen molar-refractivity contribution in [2.24, 2.45) is 0 Å². The van der Waals surface area contributed by atoms with E-state index < -0.39 is 0 Å². The van der Waals surface area contributed by atoms with E-state index in [4.69, 9.17) is 4.74 Å². The van der Waals surface area contributed by atoms with Crippen molar-refractivity contribution in [3.8, 4) is 11.3 Å². The summed E-state index contributed by atoms with van der Waals surface area (Å²) in [4.78, 5) is 4.36. The van der Waals surface area contributed by atoms with Crippen molar-refractivity contribution in [1.29, 1.82) is 0 Å². The van der Waals surface area contributed by atoms with E-state index in [2.05, 4.69) is 34.6 Å². The molecule has 0 bridgehead atoms. The molecule has 0 radical (unpaired) electrons. The number of aromatic nitrogens is 1. The van der Waals surface area contributed by atoms with Gasteiger partial charge in [-0.3, -0.25) is 4.98 Å². The van der Waals surface area contributed by atoms with E-state index in [9.17, 15) is 0 Å². The lowest BCUT2D eigenvalue weighted by Crippen LogP contribution is -2.28. The zero-order valence-corrected chi connectivity index (χ0v) is 10.9. The first-order chi connectivity index (χ1) is 9.42. The lowest BCUT2D eigenvalue weighted by Gasteiger charge is -2.10. The highest BCUT2D eigenvalue weighted by atomic mass is 16.5. The first-order valence-electron chi connectivity index (χ1n) is 6.73. The second kappa shape index (κ2) is 5.95. The molecule has 0 amide bonds. The molecule has 3 nitrogen and oxygen atoms in total. The Kier molecular flexibility index (Phi) is 3.86. The van der Waals surface area contributed by atoms with Crippen LogP contribution in [-0.4, -0.2) is 24.2 Å². The molecule has 1 aliphatic rings. The van der Waals surface area contributed by atoms with Crippen molar-refractivity contribution >= 4 is 0 Å². The second-order valence-electron chi connectivity index (χ2n) is 4.85. The highest BCUT2D eigenvalue weighted by Gasteiger charge is 2.14. The number of ether oxygens (including phenoxy) is 1. The van der Waals surface area contributed by atoms with Crippen molar-refractivity contribution in [3.63, 3.8) is 0 Å². The maximum atomic E-state index is 5.35. The van der Waals surface area contributed by atoms with Crippen LogP contribution in [0.4, 0.5) is 0 Å². The van der Waals surface area contributed by atoms with Crippen LogP contribution < -0.4 is 5.32 Å². The molecule has 1 unspecified atom stereocenters. The molecule has 1 fully saturated rings. The van der Waals surface area contributed by atoms with Gasteiger partial charge < -0.3 is 10.1 Å². The van der Waals surface area contributed by atoms with E-state index in [0.29, 0.717) is 6.04 Å². The molecule has 2 aromatic rings. The molecule has 0 spiro atoms. The monoisotopic (exact) mass is 254 g/mol. The van der Waals surface area contributed by atoms with E-state index in [1.807, 2.05) is 24.4 Å². The smallest absolute Gasteiger partial charge is 0.0701 e. The van der Waals surface area contributed by atoms with Gasteiger partial charge in [0.05, 0.1) is 12.3 Å². The normalized spacial score (nSPS) is 18.6. The number of hydrogen-bond acceptors (Lipinski definition) is 3. The minimum atomic E-state index is 0.510. The number of benzene rings is 1. The van der Waals surface area contributed by atoms with Crippen molar-refractivity contribution in [1.82, 2.24) is 10.3 Å². The molecule has 19 heavy (non-hydrogen) atoms. The number of pyridine rings is 1. The number of rotatable bonds is 4. The van der Waals surface area contributed by atoms with E-state index in [1.54, 1.807) is 0 Å². The highest BCUT2D eigenvalue weighted by Crippen LogP contribution is 2.17. The molecular weight excluding hydrogens is 236 g/mol. The van der Waals surface area contributed by atoms with Crippen molar-refractivity contribution in [3.05, 3.63) is 54.2 Å². The van der Waals surface area contributed by atoms with Crippen LogP contribution in [0.1, 0.15) is 12.0 Å². The molecule has 1 aliphatic heterocycles. The molecule has 0 aliphatic carbocycles. The molecule has 1 saturated heterocycles. The average molecular weight is 254 g/mol. The van der Waals surface area contributed by atoms with Gasteiger partial charge >= 0.3 is 0 Å². The lowest BCUT2D eigenvalue weighted by molar-refractivity contribution is 0.190. The third kappa shape index (κ3) is 3.19. The van der Waals surface area contributed by atoms with Gasteiger partial charge in [-0.2, -0.15) is 0 Å². The molecule has 98 valence electrons. The first-order valence-corrected chi connectivity index (χ1v) is 6.73. The standard InChI is InChI=1S/C16H18N2O/c1-2-9-17-16(3-1)14-6-4-13(5-7-14)11-18-15-8-10-19-12-15/h1-7,9,15,18H,8,10-12H2. The average Bonchev–Trinajstić information content (AvgIpc) is 3.00. The lowest BCUT2D eigenvalue weighted by atomic mass is 10.1. The van der Waals surface area contributed by atoms with Gasteiger partial charge in [0.1, 0.15) is 0 Å². The van der Waals surface area contributed by atoms with E-state index in [0.717, 1.165) is 37.4 Å². The Labute approximate surface area is 113 Å². The van der Waals surface area contributed by atoms with Gasteiger partial charge in [0.25, 0.3) is 0 Å². The molecule has 1 aromatic heterocycles. The third-order valence-electron chi connectivity index (χ3n) is 3.44. The maximum absolute atomic E-state index is 5.35. The Morgan fingerprint density at radius 3 is 2.74 bits per heavy atom. The summed E-state index contributed by atoms with van der Waals surface area (Å²) in [5, 5.41) is 3.52. The van der Waals surface area contributed by atoms with Crippen LogP contribution in [0, 0.1) is 0 Å². The highest BCUT2D eigenvalue weighted by molar-refractivity contribution is 5.58. The molecule has 1 aromatic carbocycles. The van der Waals surface area contributed by atoms with Crippen molar-refractivity contribution in [2.75, 3.05) is 13.2 Å². The third-order valence-corrected chi connectivity index (χ3v) is 3.44. The molecule has 1 atom stereocenters. The Balaban J connectivity index is 1.62. The fourth-order valence-corrected chi connectivity index (χ4v) is 2.28. The zero-order chi connectivity index (χ0) is 12.9. The van der Waals surface area contributed by atoms with Crippen LogP contribution in [0.5, 0.6) is 0 Å². The van der Waals surface area contributed by atoms with Gasteiger partial charge in [0, 0.05) is 31.0 Å². The summed E-state index contributed by atoms with van der Waals surface area (Å²) >= 11 is 0. The van der Waals surface area contributed by atoms with Crippen LogP contribution in [0.25, 0.3) is 11.3 Å². The molecule has 0 saturated carbocycles. The van der Waals surface area contributed by atoms with E-state index in [-0.39, 0.29) is 0 Å². The van der Waals surface area contributed by atoms with Crippen LogP contribution in [0.15, 0.2) is 48.7 Å². The van der Waals surface area contributed by atoms with Gasteiger partial charge in [-0.25, -0.2) is 0 Å². The van der Waals surface area contributed by atoms with Gasteiger partial charge in [0.15, 0.2) is 0 Å². The number of hydrogen-bond donors (Lipinski definition) is 1. The first kappa shape index (κ1) is 12.3. The summed E-state index contributed by atoms with van der Waals surface area (Å²) in [6, 6.07) is 15.1. The van der Waals surface area contributed by atoms with Gasteiger partial charge in [-0.15, -0.1) is 0 Å². The quantitative estimate of drug-likeness (QED) is 0.910.